The van der Waals surface area contributed by atoms with Crippen LogP contribution in [0.15, 0.2) is 47.6 Å². The molecule has 0 radical (unpaired) electrons. The summed E-state index contributed by atoms with van der Waals surface area (Å²) in [5, 5.41) is -0.331. The predicted molar refractivity (Wildman–Crippen MR) is 71.0 cm³/mol. The molecule has 8 heteroatoms. The second kappa shape index (κ2) is 5.36. The van der Waals surface area contributed by atoms with Crippen LogP contribution in [0, 0.1) is 0 Å². The van der Waals surface area contributed by atoms with Crippen LogP contribution in [0.1, 0.15) is 11.1 Å². The summed E-state index contributed by atoms with van der Waals surface area (Å²) in [5.74, 6) is -0.599. The van der Waals surface area contributed by atoms with Gasteiger partial charge in [-0.05, 0) is 23.8 Å². The zero-order chi connectivity index (χ0) is 15.7. The van der Waals surface area contributed by atoms with E-state index in [0.717, 1.165) is 18.2 Å². The lowest BCUT2D eigenvalue weighted by molar-refractivity contribution is -0.137. The summed E-state index contributed by atoms with van der Waals surface area (Å²) in [7, 11) is -3.91. The van der Waals surface area contributed by atoms with Gasteiger partial charge in [-0.15, -0.1) is 0 Å². The third-order valence-electron chi connectivity index (χ3n) is 2.71. The zero-order valence-electron chi connectivity index (χ0n) is 10.6. The average Bonchev–Trinajstić information content (AvgIpc) is 2.37. The van der Waals surface area contributed by atoms with E-state index >= 15 is 0 Å². The Morgan fingerprint density at radius 3 is 2.48 bits per heavy atom. The van der Waals surface area contributed by atoms with Gasteiger partial charge in [0.05, 0.1) is 17.0 Å². The maximum atomic E-state index is 12.6. The monoisotopic (exact) mass is 316 g/mol. The summed E-state index contributed by atoms with van der Waals surface area (Å²) < 4.78 is 62.1. The van der Waals surface area contributed by atoms with E-state index < -0.39 is 27.3 Å². The zero-order valence-corrected chi connectivity index (χ0v) is 11.4. The van der Waals surface area contributed by atoms with Crippen molar-refractivity contribution in [1.29, 1.82) is 0 Å². The summed E-state index contributed by atoms with van der Waals surface area (Å²) in [6.07, 6.45) is -3.26. The molecule has 2 rings (SSSR count). The Hall–Kier alpha value is -2.09. The molecule has 0 saturated carbocycles. The minimum absolute atomic E-state index is 0.0230. The summed E-state index contributed by atoms with van der Waals surface area (Å²) >= 11 is 0. The molecule has 4 nitrogen and oxygen atoms in total. The van der Waals surface area contributed by atoms with Gasteiger partial charge < -0.3 is 5.73 Å². The van der Waals surface area contributed by atoms with Gasteiger partial charge >= 0.3 is 6.18 Å². The fourth-order valence-electron chi connectivity index (χ4n) is 1.79. The molecule has 0 saturated heterocycles. The van der Waals surface area contributed by atoms with E-state index in [1.807, 2.05) is 0 Å². The molecule has 0 aliphatic rings. The Bertz CT molecular complexity index is 758. The van der Waals surface area contributed by atoms with Crippen LogP contribution in [0.2, 0.25) is 0 Å². The number of pyridine rings is 1. The van der Waals surface area contributed by atoms with E-state index in [2.05, 4.69) is 4.98 Å². The number of alkyl halides is 3. The van der Waals surface area contributed by atoms with Crippen molar-refractivity contribution in [2.24, 2.45) is 0 Å². The molecule has 21 heavy (non-hydrogen) atoms. The second-order valence-corrected chi connectivity index (χ2v) is 6.26. The lowest BCUT2D eigenvalue weighted by atomic mass is 10.1. The Morgan fingerprint density at radius 1 is 1.14 bits per heavy atom. The molecule has 0 amide bonds. The minimum atomic E-state index is -4.52. The van der Waals surface area contributed by atoms with E-state index in [0.29, 0.717) is 0 Å². The van der Waals surface area contributed by atoms with Gasteiger partial charge in [0, 0.05) is 6.20 Å². The first-order valence-corrected chi connectivity index (χ1v) is 7.45. The van der Waals surface area contributed by atoms with Crippen LogP contribution >= 0.6 is 0 Å². The van der Waals surface area contributed by atoms with Crippen LogP contribution in [0.5, 0.6) is 0 Å². The fourth-order valence-corrected chi connectivity index (χ4v) is 3.19. The molecule has 1 aromatic carbocycles. The van der Waals surface area contributed by atoms with Gasteiger partial charge in [0.15, 0.2) is 5.03 Å². The number of benzene rings is 1. The van der Waals surface area contributed by atoms with E-state index in [-0.39, 0.29) is 16.3 Å². The molecule has 2 N–H and O–H groups in total. The van der Waals surface area contributed by atoms with Crippen molar-refractivity contribution in [2.75, 3.05) is 5.73 Å². The summed E-state index contributed by atoms with van der Waals surface area (Å²) in [4.78, 5) is 3.68. The van der Waals surface area contributed by atoms with Gasteiger partial charge in [0.25, 0.3) is 0 Å². The maximum Gasteiger partial charge on any atom is 0.416 e. The quantitative estimate of drug-likeness (QED) is 0.945. The first kappa shape index (κ1) is 15.3. The van der Waals surface area contributed by atoms with E-state index in [1.54, 1.807) is 0 Å². The standard InChI is InChI=1S/C13H11F3N2O2S/c14-13(15,16)10-4-1-3-9(7-10)8-21(19,20)12-11(17)5-2-6-18-12/h1-7H,8,17H2. The Labute approximate surface area is 119 Å². The summed E-state index contributed by atoms with van der Waals surface area (Å²) in [6.45, 7) is 0. The molecule has 0 bridgehead atoms. The van der Waals surface area contributed by atoms with Gasteiger partial charge in [-0.25, -0.2) is 13.4 Å². The SMILES string of the molecule is Nc1cccnc1S(=O)(=O)Cc1cccc(C(F)(F)F)c1. The molecule has 0 unspecified atom stereocenters. The van der Waals surface area contributed by atoms with E-state index in [9.17, 15) is 21.6 Å². The first-order valence-electron chi connectivity index (χ1n) is 5.79. The third-order valence-corrected chi connectivity index (χ3v) is 4.35. The molecule has 0 spiro atoms. The Balaban J connectivity index is 2.36. The van der Waals surface area contributed by atoms with Gasteiger partial charge in [0.2, 0.25) is 9.84 Å². The molecular weight excluding hydrogens is 305 g/mol. The van der Waals surface area contributed by atoms with E-state index in [1.165, 1.54) is 24.4 Å². The number of nitrogens with zero attached hydrogens (tertiary/aromatic N) is 1. The highest BCUT2D eigenvalue weighted by atomic mass is 32.2. The van der Waals surface area contributed by atoms with Crippen molar-refractivity contribution in [3.05, 3.63) is 53.7 Å². The van der Waals surface area contributed by atoms with Crippen LogP contribution in [-0.4, -0.2) is 13.4 Å². The third kappa shape index (κ3) is 3.52. The lowest BCUT2D eigenvalue weighted by Gasteiger charge is -2.09. The number of nitrogens with two attached hydrogens (primary N) is 1. The highest BCUT2D eigenvalue weighted by Gasteiger charge is 2.31. The molecule has 0 aliphatic carbocycles. The topological polar surface area (TPSA) is 73.0 Å². The number of sulfone groups is 1. The first-order chi connectivity index (χ1) is 9.70. The minimum Gasteiger partial charge on any atom is -0.396 e. The van der Waals surface area contributed by atoms with Gasteiger partial charge in [-0.2, -0.15) is 13.2 Å². The van der Waals surface area contributed by atoms with Gasteiger partial charge in [0.1, 0.15) is 0 Å². The number of hydrogen-bond donors (Lipinski definition) is 1. The normalized spacial score (nSPS) is 12.3. The van der Waals surface area contributed by atoms with Crippen LogP contribution in [-0.2, 0) is 21.8 Å². The van der Waals surface area contributed by atoms with Crippen LogP contribution in [0.3, 0.4) is 0 Å². The molecule has 0 aliphatic heterocycles. The lowest BCUT2D eigenvalue weighted by Crippen LogP contribution is -2.11. The van der Waals surface area contributed by atoms with Crippen molar-refractivity contribution in [3.8, 4) is 0 Å². The maximum absolute atomic E-state index is 12.6. The van der Waals surface area contributed by atoms with Crippen molar-refractivity contribution in [3.63, 3.8) is 0 Å². The molecule has 112 valence electrons. The molecule has 0 fully saturated rings. The molecular formula is C13H11F3N2O2S. The number of hydrogen-bond acceptors (Lipinski definition) is 4. The summed E-state index contributed by atoms with van der Waals surface area (Å²) in [6, 6.07) is 6.99. The number of nitrogen functional groups attached to an aromatic ring is 1. The number of rotatable bonds is 3. The fraction of sp³-hybridized carbons (Fsp3) is 0.154. The molecule has 1 aromatic heterocycles. The number of halogens is 3. The van der Waals surface area contributed by atoms with Crippen LogP contribution in [0.25, 0.3) is 0 Å². The Morgan fingerprint density at radius 2 is 1.86 bits per heavy atom. The highest BCUT2D eigenvalue weighted by molar-refractivity contribution is 7.90. The van der Waals surface area contributed by atoms with Crippen molar-refractivity contribution < 1.29 is 21.6 Å². The number of anilines is 1. The van der Waals surface area contributed by atoms with Crippen LogP contribution in [0.4, 0.5) is 18.9 Å². The summed E-state index contributed by atoms with van der Waals surface area (Å²) in [5.41, 5.74) is 4.62. The molecule has 0 atom stereocenters. The predicted octanol–water partition coefficient (Wildman–Crippen LogP) is 2.66. The highest BCUT2D eigenvalue weighted by Crippen LogP contribution is 2.30. The average molecular weight is 316 g/mol. The van der Waals surface area contributed by atoms with Gasteiger partial charge in [-0.3, -0.25) is 0 Å². The van der Waals surface area contributed by atoms with Crippen molar-refractivity contribution in [2.45, 2.75) is 17.0 Å². The van der Waals surface area contributed by atoms with Gasteiger partial charge in [-0.1, -0.05) is 18.2 Å². The molecule has 2 aromatic rings. The Kier molecular flexibility index (Phi) is 3.91. The van der Waals surface area contributed by atoms with Crippen molar-refractivity contribution >= 4 is 15.5 Å². The largest absolute Gasteiger partial charge is 0.416 e. The van der Waals surface area contributed by atoms with Crippen molar-refractivity contribution in [1.82, 2.24) is 4.98 Å². The smallest absolute Gasteiger partial charge is 0.396 e. The number of aromatic nitrogens is 1. The van der Waals surface area contributed by atoms with Crippen LogP contribution < -0.4 is 5.73 Å². The van der Waals surface area contributed by atoms with E-state index in [4.69, 9.17) is 5.73 Å². The molecule has 1 heterocycles. The second-order valence-electron chi connectivity index (χ2n) is 4.36.